The molecule has 0 radical (unpaired) electrons. The van der Waals surface area contributed by atoms with Crippen LogP contribution < -0.4 is 0 Å². The molecule has 0 amide bonds. The van der Waals surface area contributed by atoms with Crippen molar-refractivity contribution in [2.24, 2.45) is 0 Å². The van der Waals surface area contributed by atoms with Crippen molar-refractivity contribution in [3.8, 4) is 0 Å². The van der Waals surface area contributed by atoms with Crippen LogP contribution in [0.3, 0.4) is 0 Å². The molecule has 0 spiro atoms. The predicted octanol–water partition coefficient (Wildman–Crippen LogP) is 2.83. The molecule has 0 fully saturated rings. The van der Waals surface area contributed by atoms with E-state index in [9.17, 15) is 4.39 Å². The summed E-state index contributed by atoms with van der Waals surface area (Å²) in [4.78, 5) is 0. The monoisotopic (exact) mass is 160 g/mol. The topological polar surface area (TPSA) is 9.23 Å². The van der Waals surface area contributed by atoms with Crippen LogP contribution in [-0.4, -0.2) is 0 Å². The van der Waals surface area contributed by atoms with Gasteiger partial charge in [0.05, 0.1) is 11.9 Å². The Bertz CT molecular complexity index is 190. The van der Waals surface area contributed by atoms with Crippen LogP contribution in [0.15, 0.2) is 30.3 Å². The van der Waals surface area contributed by atoms with E-state index >= 15 is 0 Å². The van der Waals surface area contributed by atoms with Crippen LogP contribution in [0.5, 0.6) is 0 Å². The van der Waals surface area contributed by atoms with Gasteiger partial charge in [0, 0.05) is 5.56 Å². The van der Waals surface area contributed by atoms with Gasteiger partial charge >= 0.3 is 0 Å². The van der Waals surface area contributed by atoms with Crippen molar-refractivity contribution in [2.75, 3.05) is 0 Å². The molecular formula is C7H6ClFO. The summed E-state index contributed by atoms with van der Waals surface area (Å²) in [5, 5.41) is 0. The van der Waals surface area contributed by atoms with E-state index < -0.39 is 6.36 Å². The lowest BCUT2D eigenvalue weighted by atomic mass is 10.2. The minimum absolute atomic E-state index is 0.428. The lowest BCUT2D eigenvalue weighted by Gasteiger charge is -2.01. The molecule has 0 aromatic heterocycles. The van der Waals surface area contributed by atoms with E-state index in [0.29, 0.717) is 5.56 Å². The Morgan fingerprint density at radius 1 is 1.30 bits per heavy atom. The van der Waals surface area contributed by atoms with E-state index in [1.165, 1.54) is 0 Å². The third kappa shape index (κ3) is 1.69. The molecule has 0 aliphatic carbocycles. The minimum atomic E-state index is -1.53. The number of halogens is 2. The highest BCUT2D eigenvalue weighted by molar-refractivity contribution is 6.07. The Balaban J connectivity index is 2.75. The normalized spacial score (nSPS) is 13.0. The van der Waals surface area contributed by atoms with E-state index in [1.54, 1.807) is 30.3 Å². The van der Waals surface area contributed by atoms with E-state index in [4.69, 9.17) is 11.9 Å². The summed E-state index contributed by atoms with van der Waals surface area (Å²) in [6.45, 7) is 0. The molecule has 0 saturated heterocycles. The molecule has 0 N–H and O–H groups in total. The Labute approximate surface area is 63.6 Å². The first-order chi connectivity index (χ1) is 4.84. The van der Waals surface area contributed by atoms with Crippen LogP contribution in [0.4, 0.5) is 4.39 Å². The van der Waals surface area contributed by atoms with Crippen molar-refractivity contribution in [3.05, 3.63) is 35.9 Å². The van der Waals surface area contributed by atoms with Crippen LogP contribution >= 0.6 is 11.9 Å². The van der Waals surface area contributed by atoms with Gasteiger partial charge in [-0.2, -0.15) is 0 Å². The van der Waals surface area contributed by atoms with Crippen LogP contribution in [0.2, 0.25) is 0 Å². The molecule has 0 saturated carbocycles. The smallest absolute Gasteiger partial charge is 0.237 e. The molecule has 10 heavy (non-hydrogen) atoms. The lowest BCUT2D eigenvalue weighted by molar-refractivity contribution is 0.0789. The predicted molar refractivity (Wildman–Crippen MR) is 37.2 cm³/mol. The average Bonchev–Trinajstić information content (AvgIpc) is 2.05. The van der Waals surface area contributed by atoms with Crippen LogP contribution in [-0.2, 0) is 4.29 Å². The molecule has 1 nitrogen and oxygen atoms in total. The summed E-state index contributed by atoms with van der Waals surface area (Å²) in [6, 6.07) is 8.44. The fourth-order valence-electron chi connectivity index (χ4n) is 0.656. The summed E-state index contributed by atoms with van der Waals surface area (Å²) in [7, 11) is 0. The zero-order valence-corrected chi connectivity index (χ0v) is 5.88. The quantitative estimate of drug-likeness (QED) is 0.647. The molecule has 54 valence electrons. The average molecular weight is 161 g/mol. The van der Waals surface area contributed by atoms with Gasteiger partial charge in [0.15, 0.2) is 0 Å². The van der Waals surface area contributed by atoms with Gasteiger partial charge in [-0.15, -0.1) is 0 Å². The van der Waals surface area contributed by atoms with Gasteiger partial charge in [-0.05, 0) is 0 Å². The second-order valence-corrected chi connectivity index (χ2v) is 1.99. The van der Waals surface area contributed by atoms with Gasteiger partial charge in [-0.1, -0.05) is 30.3 Å². The molecule has 3 heteroatoms. The van der Waals surface area contributed by atoms with Gasteiger partial charge in [0.1, 0.15) is 0 Å². The zero-order valence-electron chi connectivity index (χ0n) is 5.13. The summed E-state index contributed by atoms with van der Waals surface area (Å²) in [5.41, 5.74) is 0.428. The maximum Gasteiger partial charge on any atom is 0.243 e. The molecular weight excluding hydrogens is 155 g/mol. The molecule has 0 aliphatic rings. The summed E-state index contributed by atoms with van der Waals surface area (Å²) < 4.78 is 16.5. The standard InChI is InChI=1S/C7H6ClFO/c8-10-7(9)6-4-2-1-3-5-6/h1-5,7H. The highest BCUT2D eigenvalue weighted by atomic mass is 35.5. The van der Waals surface area contributed by atoms with Crippen molar-refractivity contribution < 1.29 is 8.68 Å². The molecule has 0 aliphatic heterocycles. The number of benzene rings is 1. The highest BCUT2D eigenvalue weighted by Gasteiger charge is 2.06. The number of hydrogen-bond acceptors (Lipinski definition) is 1. The van der Waals surface area contributed by atoms with Crippen molar-refractivity contribution in [2.45, 2.75) is 6.36 Å². The third-order valence-corrected chi connectivity index (χ3v) is 1.30. The fraction of sp³-hybridized carbons (Fsp3) is 0.143. The second-order valence-electron chi connectivity index (χ2n) is 1.82. The van der Waals surface area contributed by atoms with Gasteiger partial charge in [0.2, 0.25) is 6.36 Å². The van der Waals surface area contributed by atoms with Crippen molar-refractivity contribution in [1.29, 1.82) is 0 Å². The number of rotatable bonds is 2. The summed E-state index contributed by atoms with van der Waals surface area (Å²) in [6.07, 6.45) is -1.53. The van der Waals surface area contributed by atoms with Crippen LogP contribution in [0.1, 0.15) is 11.9 Å². The lowest BCUT2D eigenvalue weighted by Crippen LogP contribution is -1.88. The Hall–Kier alpha value is -0.600. The maximum atomic E-state index is 12.5. The third-order valence-electron chi connectivity index (χ3n) is 1.14. The molecule has 1 unspecified atom stereocenters. The highest BCUT2D eigenvalue weighted by Crippen LogP contribution is 2.18. The molecule has 0 bridgehead atoms. The summed E-state index contributed by atoms with van der Waals surface area (Å²) >= 11 is 4.81. The number of alkyl halides is 1. The van der Waals surface area contributed by atoms with Crippen molar-refractivity contribution in [1.82, 2.24) is 0 Å². The molecule has 1 aromatic carbocycles. The SMILES string of the molecule is FC(OCl)c1ccccc1. The van der Waals surface area contributed by atoms with Crippen molar-refractivity contribution in [3.63, 3.8) is 0 Å². The van der Waals surface area contributed by atoms with Gasteiger partial charge in [-0.3, -0.25) is 0 Å². The minimum Gasteiger partial charge on any atom is -0.237 e. The first kappa shape index (κ1) is 7.51. The van der Waals surface area contributed by atoms with Crippen LogP contribution in [0.25, 0.3) is 0 Å². The maximum absolute atomic E-state index is 12.5. The molecule has 1 atom stereocenters. The molecule has 1 rings (SSSR count). The van der Waals surface area contributed by atoms with E-state index in [1.807, 2.05) is 0 Å². The summed E-state index contributed by atoms with van der Waals surface area (Å²) in [5.74, 6) is 0. The largest absolute Gasteiger partial charge is 0.243 e. The molecule has 1 aromatic rings. The van der Waals surface area contributed by atoms with Crippen LogP contribution in [0, 0.1) is 0 Å². The Morgan fingerprint density at radius 3 is 2.40 bits per heavy atom. The van der Waals surface area contributed by atoms with Gasteiger partial charge in [0.25, 0.3) is 0 Å². The van der Waals surface area contributed by atoms with Gasteiger partial charge < -0.3 is 0 Å². The van der Waals surface area contributed by atoms with E-state index in [0.717, 1.165) is 0 Å². The molecule has 0 heterocycles. The van der Waals surface area contributed by atoms with E-state index in [-0.39, 0.29) is 0 Å². The van der Waals surface area contributed by atoms with E-state index in [2.05, 4.69) is 4.29 Å². The van der Waals surface area contributed by atoms with Crippen molar-refractivity contribution >= 4 is 11.9 Å². The first-order valence-corrected chi connectivity index (χ1v) is 3.12. The van der Waals surface area contributed by atoms with Gasteiger partial charge in [-0.25, -0.2) is 8.68 Å². The number of hydrogen-bond donors (Lipinski definition) is 0. The zero-order chi connectivity index (χ0) is 7.40. The second kappa shape index (κ2) is 3.54. The first-order valence-electron chi connectivity index (χ1n) is 2.81. The Kier molecular flexibility index (Phi) is 2.66. The Morgan fingerprint density at radius 2 is 1.90 bits per heavy atom. The fourth-order valence-corrected chi connectivity index (χ4v) is 0.759.